The van der Waals surface area contributed by atoms with Crippen LogP contribution in [0.2, 0.25) is 5.28 Å². The van der Waals surface area contributed by atoms with Crippen LogP contribution >= 0.6 is 11.6 Å². The zero-order valence-electron chi connectivity index (χ0n) is 9.76. The largest absolute Gasteiger partial charge is 0.306 e. The highest BCUT2D eigenvalue weighted by Gasteiger charge is 2.17. The lowest BCUT2D eigenvalue weighted by Crippen LogP contribution is -2.03. The van der Waals surface area contributed by atoms with Gasteiger partial charge in [-0.2, -0.15) is 4.98 Å². The van der Waals surface area contributed by atoms with E-state index in [0.29, 0.717) is 5.65 Å². The van der Waals surface area contributed by atoms with E-state index in [-0.39, 0.29) is 5.28 Å². The summed E-state index contributed by atoms with van der Waals surface area (Å²) in [6.07, 6.45) is 3.69. The highest BCUT2D eigenvalue weighted by Crippen LogP contribution is 2.23. The minimum atomic E-state index is 0.219. The summed E-state index contributed by atoms with van der Waals surface area (Å²) < 4.78 is 2.00. The van der Waals surface area contributed by atoms with E-state index in [1.54, 1.807) is 6.33 Å². The van der Waals surface area contributed by atoms with Crippen LogP contribution in [0.1, 0.15) is 0 Å². The molecule has 0 atom stereocenters. The number of benzene rings is 1. The number of nitrogens with zero attached hydrogens (tertiary/aromatic N) is 3. The first kappa shape index (κ1) is 10.5. The molecule has 0 fully saturated rings. The molecule has 0 aliphatic carbocycles. The molecule has 0 aliphatic rings. The number of hydrogen-bond donors (Lipinski definition) is 1. The fourth-order valence-corrected chi connectivity index (χ4v) is 2.44. The third kappa shape index (κ3) is 1.52. The Morgan fingerprint density at radius 2 is 2.05 bits per heavy atom. The third-order valence-electron chi connectivity index (χ3n) is 3.12. The van der Waals surface area contributed by atoms with Gasteiger partial charge < -0.3 is 0 Å². The monoisotopic (exact) mass is 270 g/mol. The van der Waals surface area contributed by atoms with Gasteiger partial charge in [0.15, 0.2) is 12.1 Å². The lowest BCUT2D eigenvalue weighted by molar-refractivity contribution is -0.347. The molecular formula is C13H9ClN5+. The molecule has 4 rings (SSSR count). The Kier molecular flexibility index (Phi) is 2.10. The van der Waals surface area contributed by atoms with E-state index in [4.69, 9.17) is 11.6 Å². The van der Waals surface area contributed by atoms with Crippen molar-refractivity contribution in [3.8, 4) is 5.82 Å². The van der Waals surface area contributed by atoms with E-state index in [1.165, 1.54) is 0 Å². The van der Waals surface area contributed by atoms with Gasteiger partial charge in [0.05, 0.1) is 5.52 Å². The Morgan fingerprint density at radius 3 is 3.00 bits per heavy atom. The average molecular weight is 271 g/mol. The summed E-state index contributed by atoms with van der Waals surface area (Å²) in [5.74, 6) is 0.734. The normalized spacial score (nSPS) is 11.4. The topological polar surface area (TPSA) is 60.6 Å². The van der Waals surface area contributed by atoms with Crippen LogP contribution in [-0.2, 0) is 0 Å². The highest BCUT2D eigenvalue weighted by atomic mass is 35.5. The molecule has 0 saturated heterocycles. The second-order valence-electron chi connectivity index (χ2n) is 4.22. The van der Waals surface area contributed by atoms with Gasteiger partial charge in [-0.05, 0) is 29.1 Å². The van der Waals surface area contributed by atoms with Crippen molar-refractivity contribution < 1.29 is 4.98 Å². The molecule has 0 aliphatic heterocycles. The minimum absolute atomic E-state index is 0.219. The zero-order chi connectivity index (χ0) is 12.8. The molecule has 0 radical (unpaired) electrons. The van der Waals surface area contributed by atoms with Crippen molar-refractivity contribution in [3.05, 3.63) is 48.1 Å². The summed E-state index contributed by atoms with van der Waals surface area (Å²) in [5, 5.41) is 1.37. The van der Waals surface area contributed by atoms with Crippen LogP contribution in [0.5, 0.6) is 0 Å². The van der Waals surface area contributed by atoms with Crippen molar-refractivity contribution in [1.29, 1.82) is 0 Å². The van der Waals surface area contributed by atoms with E-state index >= 15 is 0 Å². The van der Waals surface area contributed by atoms with Crippen LogP contribution in [0.15, 0.2) is 42.9 Å². The van der Waals surface area contributed by atoms with E-state index in [1.807, 2.05) is 35.0 Å². The standard InChI is InChI=1S/C13H8ClN5/c14-13-17-11-10(15-7-16-11)12(18-13)19-6-5-8-3-1-2-4-9(8)19/h1-7H,(H,15,16,17,18)/p+1. The highest BCUT2D eigenvalue weighted by molar-refractivity contribution is 6.28. The van der Waals surface area contributed by atoms with Crippen LogP contribution in [0.25, 0.3) is 27.9 Å². The predicted octanol–water partition coefficient (Wildman–Crippen LogP) is 2.37. The SMILES string of the molecule is Clc1nc(-n2ccc3ccccc32)c2[nH]c[nH+]c2n1. The van der Waals surface area contributed by atoms with E-state index < -0.39 is 0 Å². The molecule has 0 spiro atoms. The van der Waals surface area contributed by atoms with Gasteiger partial charge in [0.1, 0.15) is 0 Å². The van der Waals surface area contributed by atoms with Crippen molar-refractivity contribution in [2.45, 2.75) is 0 Å². The van der Waals surface area contributed by atoms with Crippen molar-refractivity contribution in [2.24, 2.45) is 0 Å². The third-order valence-corrected chi connectivity index (χ3v) is 3.28. The molecule has 0 unspecified atom stereocenters. The Bertz CT molecular complexity index is 892. The lowest BCUT2D eigenvalue weighted by Gasteiger charge is -2.03. The van der Waals surface area contributed by atoms with Crippen LogP contribution in [0, 0.1) is 0 Å². The molecule has 3 aromatic heterocycles. The molecule has 19 heavy (non-hydrogen) atoms. The number of aromatic nitrogens is 5. The van der Waals surface area contributed by atoms with Crippen LogP contribution in [-0.4, -0.2) is 19.5 Å². The molecule has 0 saturated carbocycles. The summed E-state index contributed by atoms with van der Waals surface area (Å²) in [6.45, 7) is 0. The van der Waals surface area contributed by atoms with Gasteiger partial charge in [-0.15, -0.1) is 0 Å². The maximum absolute atomic E-state index is 5.98. The maximum atomic E-state index is 5.98. The average Bonchev–Trinajstić information content (AvgIpc) is 3.03. The second kappa shape index (κ2) is 3.80. The van der Waals surface area contributed by atoms with Crippen molar-refractivity contribution in [1.82, 2.24) is 19.5 Å². The molecule has 0 bridgehead atoms. The van der Waals surface area contributed by atoms with Crippen LogP contribution < -0.4 is 4.98 Å². The minimum Gasteiger partial charge on any atom is -0.298 e. The van der Waals surface area contributed by atoms with Crippen LogP contribution in [0.3, 0.4) is 0 Å². The van der Waals surface area contributed by atoms with E-state index in [0.717, 1.165) is 22.2 Å². The number of aromatic amines is 2. The smallest absolute Gasteiger partial charge is 0.298 e. The number of hydrogen-bond acceptors (Lipinski definition) is 2. The van der Waals surface area contributed by atoms with Gasteiger partial charge in [0.2, 0.25) is 5.52 Å². The van der Waals surface area contributed by atoms with Gasteiger partial charge in [-0.25, -0.2) is 4.98 Å². The predicted molar refractivity (Wildman–Crippen MR) is 72.3 cm³/mol. The van der Waals surface area contributed by atoms with Gasteiger partial charge in [-0.1, -0.05) is 23.2 Å². The molecule has 1 aromatic carbocycles. The number of rotatable bonds is 1. The van der Waals surface area contributed by atoms with Crippen molar-refractivity contribution in [2.75, 3.05) is 0 Å². The summed E-state index contributed by atoms with van der Waals surface area (Å²) in [7, 11) is 0. The first-order valence-electron chi connectivity index (χ1n) is 5.82. The molecular weight excluding hydrogens is 262 g/mol. The molecule has 2 N–H and O–H groups in total. The zero-order valence-corrected chi connectivity index (χ0v) is 10.5. The molecule has 92 valence electrons. The number of imidazole rings is 1. The van der Waals surface area contributed by atoms with Gasteiger partial charge in [-0.3, -0.25) is 9.55 Å². The maximum Gasteiger partial charge on any atom is 0.306 e. The first-order valence-corrected chi connectivity index (χ1v) is 6.19. The van der Waals surface area contributed by atoms with Crippen molar-refractivity contribution in [3.63, 3.8) is 0 Å². The van der Waals surface area contributed by atoms with Crippen molar-refractivity contribution >= 4 is 33.7 Å². The van der Waals surface area contributed by atoms with E-state index in [9.17, 15) is 0 Å². The second-order valence-corrected chi connectivity index (χ2v) is 4.56. The molecule has 6 heteroatoms. The Balaban J connectivity index is 2.11. The van der Waals surface area contributed by atoms with E-state index in [2.05, 4.69) is 26.0 Å². The van der Waals surface area contributed by atoms with Gasteiger partial charge in [0.25, 0.3) is 0 Å². The first-order chi connectivity index (χ1) is 9.33. The fraction of sp³-hybridized carbons (Fsp3) is 0. The summed E-state index contributed by atoms with van der Waals surface area (Å²) in [6, 6.07) is 10.2. The lowest BCUT2D eigenvalue weighted by atomic mass is 10.2. The van der Waals surface area contributed by atoms with Gasteiger partial charge >= 0.3 is 10.9 Å². The molecule has 4 aromatic rings. The Morgan fingerprint density at radius 1 is 1.16 bits per heavy atom. The summed E-state index contributed by atoms with van der Waals surface area (Å²) in [5.41, 5.74) is 2.59. The number of fused-ring (bicyclic) bond motifs is 2. The summed E-state index contributed by atoms with van der Waals surface area (Å²) >= 11 is 5.98. The summed E-state index contributed by atoms with van der Waals surface area (Å²) in [4.78, 5) is 14.6. The molecule has 3 heterocycles. The van der Waals surface area contributed by atoms with Crippen LogP contribution in [0.4, 0.5) is 0 Å². The fourth-order valence-electron chi connectivity index (χ4n) is 2.28. The Labute approximate surface area is 112 Å². The number of H-pyrrole nitrogens is 2. The number of nitrogens with one attached hydrogen (secondary N) is 2. The molecule has 0 amide bonds. The molecule has 5 nitrogen and oxygen atoms in total. The number of para-hydroxylation sites is 1. The quantitative estimate of drug-likeness (QED) is 0.540. The Hall–Kier alpha value is -2.40. The number of halogens is 1. The van der Waals surface area contributed by atoms with Gasteiger partial charge in [0, 0.05) is 6.20 Å².